The van der Waals surface area contributed by atoms with Crippen LogP contribution < -0.4 is 0 Å². The van der Waals surface area contributed by atoms with Gasteiger partial charge in [-0.1, -0.05) is 55.7 Å². The molecular formula is C34H53F. The summed E-state index contributed by atoms with van der Waals surface area (Å²) in [4.78, 5) is 0. The van der Waals surface area contributed by atoms with Crippen LogP contribution in [0, 0.1) is 35.5 Å². The number of allylic oxidation sites excluding steroid dienone is 2. The molecule has 0 heterocycles. The second kappa shape index (κ2) is 14.6. The van der Waals surface area contributed by atoms with Crippen LogP contribution in [0.3, 0.4) is 0 Å². The van der Waals surface area contributed by atoms with Gasteiger partial charge < -0.3 is 0 Å². The van der Waals surface area contributed by atoms with Crippen LogP contribution in [0.2, 0.25) is 0 Å². The summed E-state index contributed by atoms with van der Waals surface area (Å²) in [6, 6.07) is 9.32. The van der Waals surface area contributed by atoms with Gasteiger partial charge in [0.25, 0.3) is 0 Å². The van der Waals surface area contributed by atoms with Crippen LogP contribution in [0.5, 0.6) is 0 Å². The molecule has 1 aromatic carbocycles. The molecule has 0 bridgehead atoms. The monoisotopic (exact) mass is 480 g/mol. The second-order valence-electron chi connectivity index (χ2n) is 12.5. The molecule has 196 valence electrons. The summed E-state index contributed by atoms with van der Waals surface area (Å²) in [5.74, 6) is 6.01. The highest BCUT2D eigenvalue weighted by atomic mass is 19.1. The first kappa shape index (κ1) is 26.9. The third-order valence-corrected chi connectivity index (χ3v) is 10.3. The Morgan fingerprint density at radius 1 is 0.629 bits per heavy atom. The maximum Gasteiger partial charge on any atom is 0.0894 e. The van der Waals surface area contributed by atoms with Gasteiger partial charge >= 0.3 is 0 Å². The number of hydrogen-bond donors (Lipinski definition) is 0. The van der Waals surface area contributed by atoms with Crippen LogP contribution in [0.15, 0.2) is 36.4 Å². The molecule has 35 heavy (non-hydrogen) atoms. The summed E-state index contributed by atoms with van der Waals surface area (Å²) < 4.78 is 12.2. The Hall–Kier alpha value is -1.11. The fraction of sp³-hybridized carbons (Fsp3) is 0.765. The zero-order valence-electron chi connectivity index (χ0n) is 22.7. The first-order valence-corrected chi connectivity index (χ1v) is 15.5. The Morgan fingerprint density at radius 2 is 1.11 bits per heavy atom. The summed E-state index contributed by atoms with van der Waals surface area (Å²) in [5, 5.41) is 0. The molecule has 1 aromatic rings. The van der Waals surface area contributed by atoms with E-state index >= 15 is 0 Å². The Morgan fingerprint density at radius 3 is 1.63 bits per heavy atom. The molecule has 0 atom stereocenters. The largest absolute Gasteiger partial charge is 0.251 e. The van der Waals surface area contributed by atoms with Gasteiger partial charge in [0.15, 0.2) is 0 Å². The topological polar surface area (TPSA) is 0 Å². The number of alkyl halides is 1. The molecule has 0 radical (unpaired) electrons. The highest BCUT2D eigenvalue weighted by Crippen LogP contribution is 2.46. The van der Waals surface area contributed by atoms with Crippen LogP contribution in [0.25, 0.3) is 0 Å². The predicted octanol–water partition coefficient (Wildman–Crippen LogP) is 10.3. The molecule has 0 aliphatic heterocycles. The van der Waals surface area contributed by atoms with E-state index in [1.54, 1.807) is 0 Å². The SMILES string of the molecule is C/C=C\[C@H]1CC[C@H](C2CCC(C3CCC(CCc4ccc(CCCCCF)cc4)CC3)CC2)CC1. The summed E-state index contributed by atoms with van der Waals surface area (Å²) in [6.45, 7) is 2.02. The average Bonchev–Trinajstić information content (AvgIpc) is 2.92. The lowest BCUT2D eigenvalue weighted by atomic mass is 9.65. The first-order valence-electron chi connectivity index (χ1n) is 15.5. The molecule has 3 fully saturated rings. The van der Waals surface area contributed by atoms with Crippen LogP contribution >= 0.6 is 0 Å². The maximum absolute atomic E-state index is 12.2. The number of rotatable bonds is 11. The van der Waals surface area contributed by atoms with Gasteiger partial charge in [0.05, 0.1) is 6.67 Å². The first-order chi connectivity index (χ1) is 17.2. The fourth-order valence-corrected chi connectivity index (χ4v) is 7.96. The Kier molecular flexibility index (Phi) is 11.2. The third kappa shape index (κ3) is 8.46. The highest BCUT2D eigenvalue weighted by Gasteiger charge is 2.34. The molecule has 3 saturated carbocycles. The van der Waals surface area contributed by atoms with E-state index < -0.39 is 0 Å². The van der Waals surface area contributed by atoms with Crippen molar-refractivity contribution in [3.05, 3.63) is 47.5 Å². The molecular weight excluding hydrogens is 427 g/mol. The fourth-order valence-electron chi connectivity index (χ4n) is 7.96. The van der Waals surface area contributed by atoms with E-state index in [0.29, 0.717) is 0 Å². The minimum absolute atomic E-state index is 0.166. The zero-order chi connectivity index (χ0) is 24.3. The molecule has 4 rings (SSSR count). The number of unbranched alkanes of at least 4 members (excludes halogenated alkanes) is 2. The molecule has 0 amide bonds. The highest BCUT2D eigenvalue weighted by molar-refractivity contribution is 5.22. The number of halogens is 1. The van der Waals surface area contributed by atoms with Crippen molar-refractivity contribution in [2.45, 2.75) is 122 Å². The van der Waals surface area contributed by atoms with Crippen molar-refractivity contribution < 1.29 is 4.39 Å². The van der Waals surface area contributed by atoms with Gasteiger partial charge in [-0.25, -0.2) is 0 Å². The van der Waals surface area contributed by atoms with Crippen molar-refractivity contribution in [1.82, 2.24) is 0 Å². The van der Waals surface area contributed by atoms with Crippen molar-refractivity contribution in [2.75, 3.05) is 6.67 Å². The summed E-state index contributed by atoms with van der Waals surface area (Å²) in [7, 11) is 0. The Bertz CT molecular complexity index is 709. The minimum atomic E-state index is -0.166. The van der Waals surface area contributed by atoms with Gasteiger partial charge in [0.2, 0.25) is 0 Å². The molecule has 3 aliphatic rings. The lowest BCUT2D eigenvalue weighted by molar-refractivity contribution is 0.107. The number of hydrogen-bond acceptors (Lipinski definition) is 0. The molecule has 0 N–H and O–H groups in total. The van der Waals surface area contributed by atoms with Crippen LogP contribution in [-0.4, -0.2) is 6.67 Å². The molecule has 0 spiro atoms. The molecule has 3 aliphatic carbocycles. The molecule has 1 heteroatoms. The second-order valence-corrected chi connectivity index (χ2v) is 12.5. The van der Waals surface area contributed by atoms with E-state index in [4.69, 9.17) is 0 Å². The minimum Gasteiger partial charge on any atom is -0.251 e. The normalized spacial score (nSPS) is 32.2. The van der Waals surface area contributed by atoms with E-state index in [1.165, 1.54) is 101 Å². The Labute approximate surface area is 216 Å². The standard InChI is InChI=1S/C34H53F/c1-2-6-27-14-18-31(19-15-27)33-22-24-34(25-23-33)32-20-16-30(17-21-32)13-12-29-10-8-28(9-11-29)7-4-3-5-26-35/h2,6,8-11,27,30-34H,3-5,7,12-26H2,1H3/b6-2-/t27-,30?,31-,32?,33?,34?. The van der Waals surface area contributed by atoms with Crippen molar-refractivity contribution >= 4 is 0 Å². The molecule has 0 nitrogen and oxygen atoms in total. The summed E-state index contributed by atoms with van der Waals surface area (Å²) in [5.41, 5.74) is 2.93. The zero-order valence-corrected chi connectivity index (χ0v) is 22.7. The molecule has 0 aromatic heterocycles. The van der Waals surface area contributed by atoms with Gasteiger partial charge in [0, 0.05) is 0 Å². The van der Waals surface area contributed by atoms with Gasteiger partial charge in [-0.3, -0.25) is 4.39 Å². The van der Waals surface area contributed by atoms with Crippen LogP contribution in [0.4, 0.5) is 4.39 Å². The average molecular weight is 481 g/mol. The van der Waals surface area contributed by atoms with Gasteiger partial charge in [-0.15, -0.1) is 0 Å². The van der Waals surface area contributed by atoms with Crippen molar-refractivity contribution in [2.24, 2.45) is 35.5 Å². The van der Waals surface area contributed by atoms with E-state index in [1.807, 2.05) is 0 Å². The number of aryl methyl sites for hydroxylation is 2. The van der Waals surface area contributed by atoms with Gasteiger partial charge in [0.1, 0.15) is 0 Å². The lowest BCUT2D eigenvalue weighted by Crippen LogP contribution is -2.29. The summed E-state index contributed by atoms with van der Waals surface area (Å²) in [6.07, 6.45) is 29.3. The van der Waals surface area contributed by atoms with E-state index in [2.05, 4.69) is 43.3 Å². The predicted molar refractivity (Wildman–Crippen MR) is 149 cm³/mol. The lowest BCUT2D eigenvalue weighted by Gasteiger charge is -2.41. The van der Waals surface area contributed by atoms with E-state index in [0.717, 1.165) is 61.2 Å². The van der Waals surface area contributed by atoms with Gasteiger partial charge in [-0.2, -0.15) is 0 Å². The smallest absolute Gasteiger partial charge is 0.0894 e. The van der Waals surface area contributed by atoms with E-state index in [9.17, 15) is 4.39 Å². The van der Waals surface area contributed by atoms with Crippen LogP contribution in [-0.2, 0) is 12.8 Å². The van der Waals surface area contributed by atoms with E-state index in [-0.39, 0.29) is 6.67 Å². The van der Waals surface area contributed by atoms with Crippen molar-refractivity contribution in [3.63, 3.8) is 0 Å². The molecule has 0 saturated heterocycles. The molecule has 0 unspecified atom stereocenters. The number of benzene rings is 1. The quantitative estimate of drug-likeness (QED) is 0.218. The van der Waals surface area contributed by atoms with Crippen molar-refractivity contribution in [1.29, 1.82) is 0 Å². The van der Waals surface area contributed by atoms with Crippen LogP contribution in [0.1, 0.15) is 121 Å². The third-order valence-electron chi connectivity index (χ3n) is 10.3. The Balaban J connectivity index is 1.10. The summed E-state index contributed by atoms with van der Waals surface area (Å²) >= 11 is 0. The van der Waals surface area contributed by atoms with Gasteiger partial charge in [-0.05, 0) is 150 Å². The maximum atomic E-state index is 12.2. The van der Waals surface area contributed by atoms with Crippen molar-refractivity contribution in [3.8, 4) is 0 Å².